The standard InChI is InChI=1S/C14H23NO3/c1-10-6-7-13(17-10)14(9-15)18-12-5-3-4-11(8-12)16-2/h6-7,11-12,14H,3-5,8-9,15H2,1-2H3. The van der Waals surface area contributed by atoms with Crippen molar-refractivity contribution in [3.05, 3.63) is 23.7 Å². The van der Waals surface area contributed by atoms with Crippen molar-refractivity contribution in [1.82, 2.24) is 0 Å². The summed E-state index contributed by atoms with van der Waals surface area (Å²) in [6.45, 7) is 2.37. The van der Waals surface area contributed by atoms with Crippen molar-refractivity contribution >= 4 is 0 Å². The average Bonchev–Trinajstić information content (AvgIpc) is 2.82. The van der Waals surface area contributed by atoms with Gasteiger partial charge in [-0.3, -0.25) is 0 Å². The van der Waals surface area contributed by atoms with Crippen molar-refractivity contribution in [2.24, 2.45) is 5.73 Å². The summed E-state index contributed by atoms with van der Waals surface area (Å²) >= 11 is 0. The summed E-state index contributed by atoms with van der Waals surface area (Å²) in [6, 6.07) is 3.89. The van der Waals surface area contributed by atoms with Gasteiger partial charge in [0, 0.05) is 13.7 Å². The van der Waals surface area contributed by atoms with Gasteiger partial charge in [-0.2, -0.15) is 0 Å². The molecule has 0 radical (unpaired) electrons. The molecule has 2 N–H and O–H groups in total. The van der Waals surface area contributed by atoms with Gasteiger partial charge in [0.05, 0.1) is 12.2 Å². The predicted octanol–water partition coefficient (Wildman–Crippen LogP) is 2.56. The highest BCUT2D eigenvalue weighted by molar-refractivity contribution is 5.08. The SMILES string of the molecule is COC1CCCC(OC(CN)c2ccc(C)o2)C1. The van der Waals surface area contributed by atoms with Gasteiger partial charge in [-0.25, -0.2) is 0 Å². The Hall–Kier alpha value is -0.840. The normalized spacial score (nSPS) is 26.2. The zero-order valence-corrected chi connectivity index (χ0v) is 11.2. The minimum absolute atomic E-state index is 0.140. The lowest BCUT2D eigenvalue weighted by Gasteiger charge is -2.30. The Bertz CT molecular complexity index is 364. The van der Waals surface area contributed by atoms with Crippen LogP contribution in [0.15, 0.2) is 16.5 Å². The maximum Gasteiger partial charge on any atom is 0.134 e. The molecule has 0 bridgehead atoms. The largest absolute Gasteiger partial charge is 0.464 e. The molecule has 1 aliphatic rings. The molecule has 0 aliphatic heterocycles. The third-order valence-corrected chi connectivity index (χ3v) is 3.56. The second kappa shape index (κ2) is 6.36. The maximum atomic E-state index is 6.07. The van der Waals surface area contributed by atoms with Crippen LogP contribution in [-0.4, -0.2) is 25.9 Å². The molecule has 0 aromatic carbocycles. The topological polar surface area (TPSA) is 57.6 Å². The molecule has 2 rings (SSSR count). The molecule has 18 heavy (non-hydrogen) atoms. The fourth-order valence-electron chi connectivity index (χ4n) is 2.54. The zero-order chi connectivity index (χ0) is 13.0. The Morgan fingerprint density at radius 3 is 2.78 bits per heavy atom. The third-order valence-electron chi connectivity index (χ3n) is 3.56. The summed E-state index contributed by atoms with van der Waals surface area (Å²) in [5, 5.41) is 0. The van der Waals surface area contributed by atoms with Crippen molar-refractivity contribution in [3.63, 3.8) is 0 Å². The van der Waals surface area contributed by atoms with Gasteiger partial charge in [-0.05, 0) is 44.7 Å². The summed E-state index contributed by atoms with van der Waals surface area (Å²) < 4.78 is 17.1. The van der Waals surface area contributed by atoms with E-state index in [2.05, 4.69) is 0 Å². The van der Waals surface area contributed by atoms with Crippen molar-refractivity contribution < 1.29 is 13.9 Å². The van der Waals surface area contributed by atoms with Gasteiger partial charge in [0.25, 0.3) is 0 Å². The molecule has 0 spiro atoms. The van der Waals surface area contributed by atoms with Crippen LogP contribution >= 0.6 is 0 Å². The van der Waals surface area contributed by atoms with E-state index in [0.29, 0.717) is 12.6 Å². The highest BCUT2D eigenvalue weighted by Crippen LogP contribution is 2.28. The molecule has 102 valence electrons. The van der Waals surface area contributed by atoms with E-state index in [4.69, 9.17) is 19.6 Å². The minimum Gasteiger partial charge on any atom is -0.464 e. The number of hydrogen-bond acceptors (Lipinski definition) is 4. The van der Waals surface area contributed by atoms with Crippen molar-refractivity contribution in [2.45, 2.75) is 50.9 Å². The van der Waals surface area contributed by atoms with Crippen LogP contribution < -0.4 is 5.73 Å². The molecule has 4 nitrogen and oxygen atoms in total. The van der Waals surface area contributed by atoms with Crippen LogP contribution in [0.1, 0.15) is 43.3 Å². The van der Waals surface area contributed by atoms with Crippen molar-refractivity contribution in [3.8, 4) is 0 Å². The first-order valence-corrected chi connectivity index (χ1v) is 6.67. The van der Waals surface area contributed by atoms with E-state index in [1.807, 2.05) is 19.1 Å². The highest BCUT2D eigenvalue weighted by atomic mass is 16.5. The summed E-state index contributed by atoms with van der Waals surface area (Å²) in [5.41, 5.74) is 5.78. The first-order chi connectivity index (χ1) is 8.72. The van der Waals surface area contributed by atoms with E-state index in [9.17, 15) is 0 Å². The molecular formula is C14H23NO3. The van der Waals surface area contributed by atoms with Crippen LogP contribution in [0.25, 0.3) is 0 Å². The Morgan fingerprint density at radius 2 is 2.17 bits per heavy atom. The molecule has 1 aromatic heterocycles. The molecule has 3 atom stereocenters. The van der Waals surface area contributed by atoms with Crippen LogP contribution in [0, 0.1) is 6.92 Å². The van der Waals surface area contributed by atoms with E-state index in [0.717, 1.165) is 37.2 Å². The van der Waals surface area contributed by atoms with Crippen LogP contribution in [0.3, 0.4) is 0 Å². The van der Waals surface area contributed by atoms with Crippen molar-refractivity contribution in [2.75, 3.05) is 13.7 Å². The minimum atomic E-state index is -0.140. The van der Waals surface area contributed by atoms with Gasteiger partial charge in [-0.1, -0.05) is 0 Å². The van der Waals surface area contributed by atoms with Gasteiger partial charge in [-0.15, -0.1) is 0 Å². The van der Waals surface area contributed by atoms with Crippen LogP contribution in [-0.2, 0) is 9.47 Å². The number of aryl methyl sites for hydroxylation is 1. The number of furan rings is 1. The van der Waals surface area contributed by atoms with E-state index in [-0.39, 0.29) is 12.2 Å². The molecule has 1 aromatic rings. The van der Waals surface area contributed by atoms with E-state index in [1.54, 1.807) is 7.11 Å². The highest BCUT2D eigenvalue weighted by Gasteiger charge is 2.26. The van der Waals surface area contributed by atoms with Gasteiger partial charge < -0.3 is 19.6 Å². The fourth-order valence-corrected chi connectivity index (χ4v) is 2.54. The van der Waals surface area contributed by atoms with Gasteiger partial charge in [0.15, 0.2) is 0 Å². The molecule has 1 fully saturated rings. The van der Waals surface area contributed by atoms with Crippen LogP contribution in [0.2, 0.25) is 0 Å². The van der Waals surface area contributed by atoms with E-state index >= 15 is 0 Å². The van der Waals surface area contributed by atoms with Gasteiger partial charge >= 0.3 is 0 Å². The smallest absolute Gasteiger partial charge is 0.134 e. The average molecular weight is 253 g/mol. The lowest BCUT2D eigenvalue weighted by atomic mass is 9.94. The summed E-state index contributed by atoms with van der Waals surface area (Å²) in [4.78, 5) is 0. The Labute approximate surface area is 108 Å². The molecule has 1 saturated carbocycles. The number of ether oxygens (including phenoxy) is 2. The Balaban J connectivity index is 1.93. The summed E-state index contributed by atoms with van der Waals surface area (Å²) in [7, 11) is 1.77. The fraction of sp³-hybridized carbons (Fsp3) is 0.714. The quantitative estimate of drug-likeness (QED) is 0.876. The molecule has 1 heterocycles. The molecular weight excluding hydrogens is 230 g/mol. The molecule has 3 unspecified atom stereocenters. The van der Waals surface area contributed by atoms with Crippen LogP contribution in [0.4, 0.5) is 0 Å². The second-order valence-corrected chi connectivity index (χ2v) is 4.96. The molecule has 0 amide bonds. The zero-order valence-electron chi connectivity index (χ0n) is 11.2. The first kappa shape index (κ1) is 13.6. The number of hydrogen-bond donors (Lipinski definition) is 1. The molecule has 0 saturated heterocycles. The third kappa shape index (κ3) is 3.34. The summed E-state index contributed by atoms with van der Waals surface area (Å²) in [6.07, 6.45) is 4.71. The second-order valence-electron chi connectivity index (χ2n) is 4.96. The van der Waals surface area contributed by atoms with Gasteiger partial charge in [0.1, 0.15) is 17.6 Å². The monoisotopic (exact) mass is 253 g/mol. The van der Waals surface area contributed by atoms with Crippen molar-refractivity contribution in [1.29, 1.82) is 0 Å². The Morgan fingerprint density at radius 1 is 1.39 bits per heavy atom. The number of rotatable bonds is 5. The lowest BCUT2D eigenvalue weighted by molar-refractivity contribution is -0.0694. The van der Waals surface area contributed by atoms with Gasteiger partial charge in [0.2, 0.25) is 0 Å². The van der Waals surface area contributed by atoms with E-state index < -0.39 is 0 Å². The number of nitrogens with two attached hydrogens (primary N) is 1. The molecule has 4 heteroatoms. The Kier molecular flexibility index (Phi) is 4.80. The van der Waals surface area contributed by atoms with E-state index in [1.165, 1.54) is 0 Å². The molecule has 1 aliphatic carbocycles. The van der Waals surface area contributed by atoms with Crippen LogP contribution in [0.5, 0.6) is 0 Å². The number of methoxy groups -OCH3 is 1. The predicted molar refractivity (Wildman–Crippen MR) is 69.4 cm³/mol. The summed E-state index contributed by atoms with van der Waals surface area (Å²) in [5.74, 6) is 1.72. The first-order valence-electron chi connectivity index (χ1n) is 6.67. The lowest BCUT2D eigenvalue weighted by Crippen LogP contribution is -2.30. The maximum absolute atomic E-state index is 6.07.